The summed E-state index contributed by atoms with van der Waals surface area (Å²) in [5.41, 5.74) is 2.09. The summed E-state index contributed by atoms with van der Waals surface area (Å²) in [6, 6.07) is 15.4. The smallest absolute Gasteiger partial charge is 0.350 e. The topological polar surface area (TPSA) is 108 Å². The van der Waals surface area contributed by atoms with Gasteiger partial charge in [-0.3, -0.25) is 14.2 Å². The largest absolute Gasteiger partial charge is 0.465 e. The number of hydrogen-bond acceptors (Lipinski definition) is 6. The van der Waals surface area contributed by atoms with Crippen molar-refractivity contribution in [2.75, 3.05) is 12.4 Å². The summed E-state index contributed by atoms with van der Waals surface area (Å²) in [4.78, 5) is 40.3. The third-order valence-electron chi connectivity index (χ3n) is 4.42. The molecule has 30 heavy (non-hydrogen) atoms. The van der Waals surface area contributed by atoms with E-state index in [9.17, 15) is 14.4 Å². The molecule has 0 radical (unpaired) electrons. The first kappa shape index (κ1) is 19.1. The minimum absolute atomic E-state index is 0.157. The highest BCUT2D eigenvalue weighted by molar-refractivity contribution is 6.03. The van der Waals surface area contributed by atoms with E-state index in [4.69, 9.17) is 0 Å². The fourth-order valence-corrected chi connectivity index (χ4v) is 2.95. The molecule has 0 spiro atoms. The average Bonchev–Trinajstić information content (AvgIpc) is 3.09. The quantitative estimate of drug-likeness (QED) is 0.511. The molecule has 0 fully saturated rings. The molecule has 3 aromatic heterocycles. The predicted molar refractivity (Wildman–Crippen MR) is 109 cm³/mol. The van der Waals surface area contributed by atoms with E-state index in [0.29, 0.717) is 11.3 Å². The number of carbonyl (C=O) groups excluding carboxylic acids is 2. The number of nitrogens with zero attached hydrogens (tertiary/aromatic N) is 4. The van der Waals surface area contributed by atoms with Crippen LogP contribution in [0, 0.1) is 0 Å². The van der Waals surface area contributed by atoms with Gasteiger partial charge in [0.25, 0.3) is 5.91 Å². The first-order chi connectivity index (χ1) is 14.5. The first-order valence-electron chi connectivity index (χ1n) is 9.04. The Morgan fingerprint density at radius 2 is 1.97 bits per heavy atom. The van der Waals surface area contributed by atoms with Crippen molar-refractivity contribution in [3.63, 3.8) is 0 Å². The van der Waals surface area contributed by atoms with E-state index in [1.54, 1.807) is 36.5 Å². The zero-order valence-corrected chi connectivity index (χ0v) is 16.0. The summed E-state index contributed by atoms with van der Waals surface area (Å²) in [7, 11) is 1.27. The minimum atomic E-state index is -0.524. The van der Waals surface area contributed by atoms with Crippen LogP contribution in [0.3, 0.4) is 0 Å². The van der Waals surface area contributed by atoms with Crippen LogP contribution in [0.5, 0.6) is 0 Å². The third-order valence-corrected chi connectivity index (χ3v) is 4.42. The number of aromatic nitrogens is 4. The number of benzene rings is 1. The monoisotopic (exact) mass is 403 g/mol. The van der Waals surface area contributed by atoms with Gasteiger partial charge < -0.3 is 10.1 Å². The Labute approximate surface area is 170 Å². The molecule has 9 heteroatoms. The summed E-state index contributed by atoms with van der Waals surface area (Å²) >= 11 is 0. The van der Waals surface area contributed by atoms with Crippen LogP contribution < -0.4 is 11.0 Å². The van der Waals surface area contributed by atoms with Crippen molar-refractivity contribution in [3.8, 4) is 0 Å². The van der Waals surface area contributed by atoms with Crippen molar-refractivity contribution in [1.82, 2.24) is 19.2 Å². The van der Waals surface area contributed by atoms with E-state index in [1.165, 1.54) is 34.5 Å². The molecule has 0 atom stereocenters. The zero-order chi connectivity index (χ0) is 21.1. The molecule has 1 amide bonds. The number of pyridine rings is 2. The second-order valence-electron chi connectivity index (χ2n) is 6.45. The van der Waals surface area contributed by atoms with Crippen LogP contribution in [0.2, 0.25) is 0 Å². The number of amides is 1. The summed E-state index contributed by atoms with van der Waals surface area (Å²) < 4.78 is 7.44. The number of methoxy groups -OCH3 is 1. The second-order valence-corrected chi connectivity index (χ2v) is 6.45. The maximum absolute atomic E-state index is 12.4. The molecule has 3 heterocycles. The molecule has 0 aliphatic heterocycles. The van der Waals surface area contributed by atoms with Crippen molar-refractivity contribution < 1.29 is 14.3 Å². The second kappa shape index (κ2) is 8.00. The molecule has 4 rings (SSSR count). The maximum atomic E-state index is 12.4. The van der Waals surface area contributed by atoms with Gasteiger partial charge in [0.05, 0.1) is 19.2 Å². The van der Waals surface area contributed by atoms with Crippen LogP contribution in [0.15, 0.2) is 71.8 Å². The van der Waals surface area contributed by atoms with Crippen LogP contribution in [0.4, 0.5) is 5.69 Å². The fourth-order valence-electron chi connectivity index (χ4n) is 2.95. The van der Waals surface area contributed by atoms with Gasteiger partial charge in [0.2, 0.25) is 0 Å². The number of carbonyl (C=O) groups is 2. The Hall–Kier alpha value is -4.27. The Bertz CT molecular complexity index is 1290. The van der Waals surface area contributed by atoms with Crippen molar-refractivity contribution in [2.45, 2.75) is 6.54 Å². The van der Waals surface area contributed by atoms with Crippen molar-refractivity contribution in [3.05, 3.63) is 94.3 Å². The third kappa shape index (κ3) is 3.81. The van der Waals surface area contributed by atoms with Crippen LogP contribution in [-0.4, -0.2) is 38.2 Å². The van der Waals surface area contributed by atoms with E-state index >= 15 is 0 Å². The SMILES string of the molecule is COC(=O)c1ccc(C(=O)Nc2cccc(Cn3nc4ccccn4c3=O)c2)nc1. The van der Waals surface area contributed by atoms with E-state index in [1.807, 2.05) is 12.1 Å². The number of hydrogen-bond donors (Lipinski definition) is 1. The molecule has 0 unspecified atom stereocenters. The summed E-state index contributed by atoms with van der Waals surface area (Å²) in [6.07, 6.45) is 2.95. The molecule has 9 nitrogen and oxygen atoms in total. The highest BCUT2D eigenvalue weighted by Gasteiger charge is 2.12. The molecule has 150 valence electrons. The molecule has 0 saturated heterocycles. The number of esters is 1. The Balaban J connectivity index is 1.50. The van der Waals surface area contributed by atoms with Crippen LogP contribution >= 0.6 is 0 Å². The molecule has 0 aliphatic carbocycles. The van der Waals surface area contributed by atoms with Crippen molar-refractivity contribution in [1.29, 1.82) is 0 Å². The highest BCUT2D eigenvalue weighted by atomic mass is 16.5. The summed E-state index contributed by atoms with van der Waals surface area (Å²) in [5.74, 6) is -0.946. The molecular weight excluding hydrogens is 386 g/mol. The maximum Gasteiger partial charge on any atom is 0.350 e. The van der Waals surface area contributed by atoms with Gasteiger partial charge in [-0.25, -0.2) is 14.3 Å². The summed E-state index contributed by atoms with van der Waals surface area (Å²) in [5, 5.41) is 7.06. The number of rotatable bonds is 5. The Kier molecular flexibility index (Phi) is 5.08. The minimum Gasteiger partial charge on any atom is -0.465 e. The Morgan fingerprint density at radius 1 is 1.10 bits per heavy atom. The Morgan fingerprint density at radius 3 is 2.70 bits per heavy atom. The lowest BCUT2D eigenvalue weighted by Crippen LogP contribution is -2.21. The standard InChI is InChI=1S/C21H17N5O4/c1-30-20(28)15-8-9-17(22-12-15)19(27)23-16-6-4-5-14(11-16)13-26-21(29)25-10-3-2-7-18(25)24-26/h2-12H,13H2,1H3,(H,23,27). The van der Waals surface area contributed by atoms with E-state index in [0.717, 1.165) is 5.56 Å². The van der Waals surface area contributed by atoms with Gasteiger partial charge >= 0.3 is 11.7 Å². The lowest BCUT2D eigenvalue weighted by atomic mass is 10.2. The molecular formula is C21H17N5O4. The molecule has 0 bridgehead atoms. The van der Waals surface area contributed by atoms with Crippen molar-refractivity contribution >= 4 is 23.2 Å². The van der Waals surface area contributed by atoms with Gasteiger partial charge in [0.1, 0.15) is 5.69 Å². The van der Waals surface area contributed by atoms with Gasteiger partial charge in [-0.05, 0) is 42.0 Å². The number of nitrogens with one attached hydrogen (secondary N) is 1. The van der Waals surface area contributed by atoms with Crippen LogP contribution in [0.25, 0.3) is 5.65 Å². The lowest BCUT2D eigenvalue weighted by Gasteiger charge is -2.07. The molecule has 0 aliphatic rings. The molecule has 0 saturated carbocycles. The van der Waals surface area contributed by atoms with Gasteiger partial charge in [-0.1, -0.05) is 18.2 Å². The van der Waals surface area contributed by atoms with Gasteiger partial charge in [0, 0.05) is 18.1 Å². The number of fused-ring (bicyclic) bond motifs is 1. The van der Waals surface area contributed by atoms with Gasteiger partial charge in [-0.15, -0.1) is 5.10 Å². The molecule has 1 N–H and O–H groups in total. The average molecular weight is 403 g/mol. The van der Waals surface area contributed by atoms with E-state index < -0.39 is 11.9 Å². The van der Waals surface area contributed by atoms with Gasteiger partial charge in [-0.2, -0.15) is 0 Å². The van der Waals surface area contributed by atoms with Crippen LogP contribution in [0.1, 0.15) is 26.4 Å². The van der Waals surface area contributed by atoms with E-state index in [2.05, 4.69) is 20.1 Å². The highest BCUT2D eigenvalue weighted by Crippen LogP contribution is 2.13. The number of ether oxygens (including phenoxy) is 1. The lowest BCUT2D eigenvalue weighted by molar-refractivity contribution is 0.0600. The molecule has 1 aromatic carbocycles. The number of anilines is 1. The normalized spacial score (nSPS) is 10.7. The molecule has 4 aromatic rings. The van der Waals surface area contributed by atoms with Gasteiger partial charge in [0.15, 0.2) is 5.65 Å². The van der Waals surface area contributed by atoms with Crippen molar-refractivity contribution in [2.24, 2.45) is 0 Å². The summed E-state index contributed by atoms with van der Waals surface area (Å²) in [6.45, 7) is 0.260. The van der Waals surface area contributed by atoms with E-state index in [-0.39, 0.29) is 23.5 Å². The zero-order valence-electron chi connectivity index (χ0n) is 16.0. The van der Waals surface area contributed by atoms with Crippen LogP contribution in [-0.2, 0) is 11.3 Å². The first-order valence-corrected chi connectivity index (χ1v) is 9.04. The fraction of sp³-hybridized carbons (Fsp3) is 0.0952. The predicted octanol–water partition coefficient (Wildman–Crippen LogP) is 1.98.